The van der Waals surface area contributed by atoms with E-state index in [2.05, 4.69) is 71.4 Å². The highest BCUT2D eigenvalue weighted by molar-refractivity contribution is 6.27. The van der Waals surface area contributed by atoms with Crippen LogP contribution in [0.25, 0.3) is 22.2 Å². The summed E-state index contributed by atoms with van der Waals surface area (Å²) in [6.07, 6.45) is 0.260. The van der Waals surface area contributed by atoms with Crippen molar-refractivity contribution in [3.05, 3.63) is 114 Å². The molecule has 1 unspecified atom stereocenters. The van der Waals surface area contributed by atoms with Gasteiger partial charge in [-0.05, 0) is 30.3 Å². The molecule has 5 aromatic rings. The number of aromatic nitrogens is 2. The van der Waals surface area contributed by atoms with E-state index in [4.69, 9.17) is 14.9 Å². The molecule has 1 aromatic heterocycles. The van der Waals surface area contributed by atoms with Crippen molar-refractivity contribution in [2.45, 2.75) is 12.6 Å². The van der Waals surface area contributed by atoms with Crippen molar-refractivity contribution < 1.29 is 4.74 Å². The predicted octanol–water partition coefficient (Wildman–Crippen LogP) is 6.01. The minimum Gasteiger partial charge on any atom is -0.371 e. The zero-order chi connectivity index (χ0) is 22.5. The van der Waals surface area contributed by atoms with E-state index in [0.29, 0.717) is 0 Å². The molecule has 2 heterocycles. The van der Waals surface area contributed by atoms with Gasteiger partial charge in [0.15, 0.2) is 0 Å². The minimum atomic E-state index is 0.260. The Hall–Kier alpha value is -4.22. The van der Waals surface area contributed by atoms with Gasteiger partial charge in [0, 0.05) is 22.1 Å². The summed E-state index contributed by atoms with van der Waals surface area (Å²) in [5.74, 6) is 0. The maximum Gasteiger partial charge on any atom is 0.102 e. The first-order valence-corrected chi connectivity index (χ1v) is 11.6. The third-order valence-corrected chi connectivity index (χ3v) is 6.45. The Kier molecular flexibility index (Phi) is 4.35. The van der Waals surface area contributed by atoms with E-state index in [1.165, 1.54) is 0 Å². The first-order chi connectivity index (χ1) is 16.9. The number of rotatable bonds is 5. The molecule has 0 N–H and O–H groups in total. The maximum atomic E-state index is 5.50. The Balaban J connectivity index is 1.49. The number of epoxide rings is 1. The number of ether oxygens (including phenoxy) is 1. The smallest absolute Gasteiger partial charge is 0.102 e. The summed E-state index contributed by atoms with van der Waals surface area (Å²) in [6, 6.07) is 35.4. The van der Waals surface area contributed by atoms with Gasteiger partial charge in [-0.3, -0.25) is 4.68 Å². The second kappa shape index (κ2) is 7.68. The molecular weight excluding hydrogens is 420 g/mol. The van der Waals surface area contributed by atoms with Gasteiger partial charge in [0.25, 0.3) is 0 Å². The van der Waals surface area contributed by atoms with Crippen LogP contribution in [0.1, 0.15) is 11.1 Å². The number of benzene rings is 4. The van der Waals surface area contributed by atoms with Gasteiger partial charge in [-0.15, -0.1) is 0 Å². The number of hydrogen-bond acceptors (Lipinski definition) is 4. The Morgan fingerprint density at radius 1 is 0.765 bits per heavy atom. The SMILES string of the molecule is c1ccc(N(/N=C2/c3ccccc3-c3nn(CC4CO4)c4cccc2c34)c2ccccc2)cc1. The normalized spacial score (nSPS) is 17.1. The van der Waals surface area contributed by atoms with Crippen LogP contribution in [0.15, 0.2) is 108 Å². The van der Waals surface area contributed by atoms with Gasteiger partial charge in [0.05, 0.1) is 35.8 Å². The molecule has 1 atom stereocenters. The lowest BCUT2D eigenvalue weighted by Gasteiger charge is -2.24. The highest BCUT2D eigenvalue weighted by Crippen LogP contribution is 2.40. The first-order valence-electron chi connectivity index (χ1n) is 11.6. The molecule has 5 heteroatoms. The van der Waals surface area contributed by atoms with Gasteiger partial charge < -0.3 is 4.74 Å². The average molecular weight is 443 g/mol. The van der Waals surface area contributed by atoms with Crippen LogP contribution in [-0.4, -0.2) is 28.2 Å². The quantitative estimate of drug-likeness (QED) is 0.243. The van der Waals surface area contributed by atoms with E-state index in [-0.39, 0.29) is 6.10 Å². The standard InChI is InChI=1S/C29H22N4O/c1-3-10-20(11-4-1)33(21-12-5-2-6-13-21)31-28-23-14-7-8-15-24(23)29-27-25(28)16-9-17-26(27)32(30-29)18-22-19-34-22/h1-17,22H,18-19H2/b31-28-. The lowest BCUT2D eigenvalue weighted by atomic mass is 9.87. The molecule has 0 radical (unpaired) electrons. The Morgan fingerprint density at radius 2 is 1.38 bits per heavy atom. The average Bonchev–Trinajstić information content (AvgIpc) is 3.65. The van der Waals surface area contributed by atoms with Gasteiger partial charge in [-0.25, -0.2) is 5.01 Å². The number of fused-ring (bicyclic) bond motifs is 2. The van der Waals surface area contributed by atoms with E-state index in [9.17, 15) is 0 Å². The largest absolute Gasteiger partial charge is 0.371 e. The molecule has 0 spiro atoms. The van der Waals surface area contributed by atoms with E-state index in [1.807, 2.05) is 41.4 Å². The van der Waals surface area contributed by atoms with Crippen molar-refractivity contribution in [2.24, 2.45) is 5.10 Å². The van der Waals surface area contributed by atoms with Crippen LogP contribution in [-0.2, 0) is 11.3 Å². The monoisotopic (exact) mass is 442 g/mol. The van der Waals surface area contributed by atoms with E-state index in [0.717, 1.165) is 63.5 Å². The predicted molar refractivity (Wildman–Crippen MR) is 136 cm³/mol. The summed E-state index contributed by atoms with van der Waals surface area (Å²) < 4.78 is 7.60. The summed E-state index contributed by atoms with van der Waals surface area (Å²) in [5.41, 5.74) is 8.42. The molecule has 5 nitrogen and oxygen atoms in total. The van der Waals surface area contributed by atoms with Crippen molar-refractivity contribution in [1.29, 1.82) is 0 Å². The highest BCUT2D eigenvalue weighted by atomic mass is 16.6. The summed E-state index contributed by atoms with van der Waals surface area (Å²) in [6.45, 7) is 1.58. The maximum absolute atomic E-state index is 5.50. The topological polar surface area (TPSA) is 46.0 Å². The molecule has 2 aliphatic rings. The third kappa shape index (κ3) is 3.13. The molecule has 164 valence electrons. The molecule has 34 heavy (non-hydrogen) atoms. The molecule has 1 fully saturated rings. The lowest BCUT2D eigenvalue weighted by molar-refractivity contribution is 0.377. The van der Waals surface area contributed by atoms with Crippen molar-refractivity contribution in [3.8, 4) is 11.3 Å². The van der Waals surface area contributed by atoms with Crippen molar-refractivity contribution >= 4 is 28.0 Å². The van der Waals surface area contributed by atoms with Crippen LogP contribution in [0.2, 0.25) is 0 Å². The molecule has 4 aromatic carbocycles. The summed E-state index contributed by atoms with van der Waals surface area (Å²) in [5, 5.41) is 13.5. The van der Waals surface area contributed by atoms with Crippen LogP contribution in [0.3, 0.4) is 0 Å². The zero-order valence-electron chi connectivity index (χ0n) is 18.5. The fraction of sp³-hybridized carbons (Fsp3) is 0.103. The molecular formula is C29H22N4O. The van der Waals surface area contributed by atoms with Crippen LogP contribution in [0.4, 0.5) is 11.4 Å². The van der Waals surface area contributed by atoms with Crippen molar-refractivity contribution in [3.63, 3.8) is 0 Å². The molecule has 1 saturated heterocycles. The van der Waals surface area contributed by atoms with E-state index in [1.54, 1.807) is 0 Å². The Bertz CT molecular complexity index is 1500. The van der Waals surface area contributed by atoms with Crippen LogP contribution < -0.4 is 5.01 Å². The molecule has 0 amide bonds. The van der Waals surface area contributed by atoms with Crippen molar-refractivity contribution in [2.75, 3.05) is 11.6 Å². The molecule has 0 saturated carbocycles. The van der Waals surface area contributed by atoms with Gasteiger partial charge in [0.1, 0.15) is 11.8 Å². The second-order valence-corrected chi connectivity index (χ2v) is 8.66. The molecule has 1 aliphatic heterocycles. The summed E-state index contributed by atoms with van der Waals surface area (Å²) >= 11 is 0. The van der Waals surface area contributed by atoms with E-state index < -0.39 is 0 Å². The van der Waals surface area contributed by atoms with Crippen LogP contribution in [0, 0.1) is 0 Å². The number of hydrazone groups is 1. The molecule has 1 aliphatic carbocycles. The van der Waals surface area contributed by atoms with Crippen LogP contribution in [0.5, 0.6) is 0 Å². The second-order valence-electron chi connectivity index (χ2n) is 8.66. The van der Waals surface area contributed by atoms with Crippen LogP contribution >= 0.6 is 0 Å². The van der Waals surface area contributed by atoms with Crippen molar-refractivity contribution in [1.82, 2.24) is 9.78 Å². The van der Waals surface area contributed by atoms with Gasteiger partial charge >= 0.3 is 0 Å². The Morgan fingerprint density at radius 3 is 2.06 bits per heavy atom. The van der Waals surface area contributed by atoms with Gasteiger partial charge in [-0.1, -0.05) is 72.8 Å². The highest BCUT2D eigenvalue weighted by Gasteiger charge is 2.30. The Labute approximate surface area is 197 Å². The van der Waals surface area contributed by atoms with Gasteiger partial charge in [-0.2, -0.15) is 10.2 Å². The fourth-order valence-corrected chi connectivity index (χ4v) is 4.77. The number of anilines is 2. The van der Waals surface area contributed by atoms with E-state index >= 15 is 0 Å². The number of para-hydroxylation sites is 2. The van der Waals surface area contributed by atoms with Gasteiger partial charge in [0.2, 0.25) is 0 Å². The lowest BCUT2D eigenvalue weighted by Crippen LogP contribution is -2.17. The third-order valence-electron chi connectivity index (χ3n) is 6.45. The molecule has 0 bridgehead atoms. The fourth-order valence-electron chi connectivity index (χ4n) is 4.77. The molecule has 7 rings (SSSR count). The summed E-state index contributed by atoms with van der Waals surface area (Å²) in [4.78, 5) is 0. The minimum absolute atomic E-state index is 0.260. The summed E-state index contributed by atoms with van der Waals surface area (Å²) in [7, 11) is 0. The zero-order valence-corrected chi connectivity index (χ0v) is 18.5. The number of hydrogen-bond donors (Lipinski definition) is 0. The number of nitrogens with zero attached hydrogens (tertiary/aromatic N) is 4. The first kappa shape index (κ1) is 19.3.